The van der Waals surface area contributed by atoms with E-state index in [0.29, 0.717) is 23.7 Å². The van der Waals surface area contributed by atoms with Crippen LogP contribution in [0.1, 0.15) is 11.1 Å². The fourth-order valence-corrected chi connectivity index (χ4v) is 2.64. The molecule has 1 N–H and O–H groups in total. The van der Waals surface area contributed by atoms with Gasteiger partial charge in [-0.15, -0.1) is 0 Å². The summed E-state index contributed by atoms with van der Waals surface area (Å²) in [6, 6.07) is 15.7. The Bertz CT molecular complexity index is 556. The summed E-state index contributed by atoms with van der Waals surface area (Å²) in [5.74, 6) is 0.420. The number of ether oxygens (including phenoxy) is 1. The first-order chi connectivity index (χ1) is 10.2. The van der Waals surface area contributed by atoms with Crippen LogP contribution in [0.4, 0.5) is 4.39 Å². The van der Waals surface area contributed by atoms with Crippen LogP contribution in [-0.2, 0) is 12.8 Å². The van der Waals surface area contributed by atoms with Gasteiger partial charge in [0.2, 0.25) is 0 Å². The summed E-state index contributed by atoms with van der Waals surface area (Å²) in [6.45, 7) is 0.853. The number of benzene rings is 2. The Hall–Kier alpha value is -1.87. The predicted octanol–water partition coefficient (Wildman–Crippen LogP) is 3.46. The molecule has 0 fully saturated rings. The molecule has 2 nitrogen and oxygen atoms in total. The van der Waals surface area contributed by atoms with Gasteiger partial charge in [0.25, 0.3) is 0 Å². The minimum atomic E-state index is -0.242. The lowest BCUT2D eigenvalue weighted by Crippen LogP contribution is -2.23. The van der Waals surface area contributed by atoms with Gasteiger partial charge >= 0.3 is 0 Å². The van der Waals surface area contributed by atoms with Crippen LogP contribution in [0.25, 0.3) is 0 Å². The molecule has 112 valence electrons. The van der Waals surface area contributed by atoms with Crippen molar-refractivity contribution in [3.63, 3.8) is 0 Å². The van der Waals surface area contributed by atoms with E-state index >= 15 is 0 Å². The highest BCUT2D eigenvalue weighted by Crippen LogP contribution is 2.23. The zero-order chi connectivity index (χ0) is 15.1. The highest BCUT2D eigenvalue weighted by molar-refractivity contribution is 5.31. The van der Waals surface area contributed by atoms with Crippen LogP contribution in [0.5, 0.6) is 5.75 Å². The fraction of sp³-hybridized carbons (Fsp3) is 0.333. The molecular weight excluding hydrogens is 265 g/mol. The molecule has 1 atom stereocenters. The maximum Gasteiger partial charge on any atom is 0.168 e. The molecule has 0 bridgehead atoms. The molecule has 0 radical (unpaired) electrons. The Labute approximate surface area is 126 Å². The van der Waals surface area contributed by atoms with Crippen LogP contribution in [0, 0.1) is 11.7 Å². The van der Waals surface area contributed by atoms with E-state index in [4.69, 9.17) is 4.74 Å². The average molecular weight is 287 g/mol. The summed E-state index contributed by atoms with van der Waals surface area (Å²) >= 11 is 0. The summed E-state index contributed by atoms with van der Waals surface area (Å²) in [7, 11) is 3.43. The highest BCUT2D eigenvalue weighted by atomic mass is 19.1. The van der Waals surface area contributed by atoms with Crippen molar-refractivity contribution in [2.45, 2.75) is 12.8 Å². The van der Waals surface area contributed by atoms with E-state index in [-0.39, 0.29) is 5.82 Å². The Morgan fingerprint density at radius 3 is 2.48 bits per heavy atom. The van der Waals surface area contributed by atoms with Gasteiger partial charge in [-0.2, -0.15) is 0 Å². The molecule has 0 spiro atoms. The summed E-state index contributed by atoms with van der Waals surface area (Å²) in [5.41, 5.74) is 1.99. The largest absolute Gasteiger partial charge is 0.494 e. The van der Waals surface area contributed by atoms with E-state index in [1.807, 2.05) is 37.4 Å². The van der Waals surface area contributed by atoms with Crippen LogP contribution >= 0.6 is 0 Å². The van der Waals surface area contributed by atoms with Crippen molar-refractivity contribution < 1.29 is 9.13 Å². The second kappa shape index (κ2) is 7.79. The van der Waals surface area contributed by atoms with Crippen molar-refractivity contribution in [1.82, 2.24) is 5.32 Å². The normalized spacial score (nSPS) is 12.1. The smallest absolute Gasteiger partial charge is 0.168 e. The second-order valence-electron chi connectivity index (χ2n) is 5.25. The molecule has 0 aliphatic heterocycles. The number of hydrogen-bond acceptors (Lipinski definition) is 2. The van der Waals surface area contributed by atoms with Crippen molar-refractivity contribution in [3.05, 3.63) is 65.5 Å². The summed E-state index contributed by atoms with van der Waals surface area (Å²) in [6.07, 6.45) is 1.62. The SMILES string of the molecule is CNCC(Cc1ccccc1)Cc1cccc(OC)c1F. The molecule has 0 saturated heterocycles. The van der Waals surface area contributed by atoms with Gasteiger partial charge in [-0.1, -0.05) is 42.5 Å². The Kier molecular flexibility index (Phi) is 5.76. The van der Waals surface area contributed by atoms with Gasteiger partial charge in [0.05, 0.1) is 7.11 Å². The maximum atomic E-state index is 14.3. The number of rotatable bonds is 7. The van der Waals surface area contributed by atoms with E-state index in [0.717, 1.165) is 13.0 Å². The minimum absolute atomic E-state index is 0.242. The van der Waals surface area contributed by atoms with E-state index in [1.165, 1.54) is 12.7 Å². The predicted molar refractivity (Wildman–Crippen MR) is 84.2 cm³/mol. The van der Waals surface area contributed by atoms with Gasteiger partial charge in [0.15, 0.2) is 11.6 Å². The molecule has 0 aliphatic rings. The average Bonchev–Trinajstić information content (AvgIpc) is 2.50. The number of hydrogen-bond donors (Lipinski definition) is 1. The van der Waals surface area contributed by atoms with Gasteiger partial charge in [-0.05, 0) is 49.5 Å². The number of halogens is 1. The number of methoxy groups -OCH3 is 1. The van der Waals surface area contributed by atoms with Crippen molar-refractivity contribution in [2.75, 3.05) is 20.7 Å². The molecular formula is C18H22FNO. The fourth-order valence-electron chi connectivity index (χ4n) is 2.64. The molecule has 2 aromatic carbocycles. The molecule has 2 aromatic rings. The van der Waals surface area contributed by atoms with Crippen molar-refractivity contribution >= 4 is 0 Å². The van der Waals surface area contributed by atoms with Crippen LogP contribution < -0.4 is 10.1 Å². The summed E-state index contributed by atoms with van der Waals surface area (Å²) < 4.78 is 19.3. The van der Waals surface area contributed by atoms with Gasteiger partial charge in [0, 0.05) is 0 Å². The highest BCUT2D eigenvalue weighted by Gasteiger charge is 2.15. The third kappa shape index (κ3) is 4.30. The third-order valence-electron chi connectivity index (χ3n) is 3.63. The summed E-state index contributed by atoms with van der Waals surface area (Å²) in [4.78, 5) is 0. The third-order valence-corrected chi connectivity index (χ3v) is 3.63. The monoisotopic (exact) mass is 287 g/mol. The van der Waals surface area contributed by atoms with Crippen LogP contribution in [0.2, 0.25) is 0 Å². The molecule has 0 heterocycles. The first-order valence-electron chi connectivity index (χ1n) is 7.24. The van der Waals surface area contributed by atoms with Crippen molar-refractivity contribution in [2.24, 2.45) is 5.92 Å². The second-order valence-corrected chi connectivity index (χ2v) is 5.25. The van der Waals surface area contributed by atoms with Crippen LogP contribution in [0.3, 0.4) is 0 Å². The van der Waals surface area contributed by atoms with E-state index in [9.17, 15) is 4.39 Å². The quantitative estimate of drug-likeness (QED) is 0.842. The van der Waals surface area contributed by atoms with Gasteiger partial charge < -0.3 is 10.1 Å². The van der Waals surface area contributed by atoms with Crippen molar-refractivity contribution in [1.29, 1.82) is 0 Å². The van der Waals surface area contributed by atoms with Gasteiger partial charge in [-0.25, -0.2) is 4.39 Å². The van der Waals surface area contributed by atoms with E-state index in [2.05, 4.69) is 17.4 Å². The Morgan fingerprint density at radius 2 is 1.81 bits per heavy atom. The molecule has 0 aromatic heterocycles. The van der Waals surface area contributed by atoms with Crippen molar-refractivity contribution in [3.8, 4) is 5.75 Å². The molecule has 3 heteroatoms. The molecule has 21 heavy (non-hydrogen) atoms. The Balaban J connectivity index is 2.13. The van der Waals surface area contributed by atoms with E-state index in [1.54, 1.807) is 6.07 Å². The van der Waals surface area contributed by atoms with Gasteiger partial charge in [-0.3, -0.25) is 0 Å². The lowest BCUT2D eigenvalue weighted by atomic mass is 9.92. The van der Waals surface area contributed by atoms with Crippen LogP contribution in [0.15, 0.2) is 48.5 Å². The first-order valence-corrected chi connectivity index (χ1v) is 7.24. The van der Waals surface area contributed by atoms with Gasteiger partial charge in [0.1, 0.15) is 0 Å². The standard InChI is InChI=1S/C18H22FNO/c1-20-13-15(11-14-7-4-3-5-8-14)12-16-9-6-10-17(21-2)18(16)19/h3-10,15,20H,11-13H2,1-2H3. The molecule has 0 aliphatic carbocycles. The first kappa shape index (κ1) is 15.5. The summed E-state index contributed by atoms with van der Waals surface area (Å²) in [5, 5.41) is 3.20. The van der Waals surface area contributed by atoms with E-state index < -0.39 is 0 Å². The molecule has 1 unspecified atom stereocenters. The maximum absolute atomic E-state index is 14.3. The minimum Gasteiger partial charge on any atom is -0.494 e. The topological polar surface area (TPSA) is 21.3 Å². The Morgan fingerprint density at radius 1 is 1.05 bits per heavy atom. The molecule has 0 saturated carbocycles. The molecule has 0 amide bonds. The lowest BCUT2D eigenvalue weighted by molar-refractivity contribution is 0.381. The molecule has 2 rings (SSSR count). The number of nitrogens with one attached hydrogen (secondary N) is 1. The zero-order valence-electron chi connectivity index (χ0n) is 12.6. The zero-order valence-corrected chi connectivity index (χ0v) is 12.6. The lowest BCUT2D eigenvalue weighted by Gasteiger charge is -2.18. The van der Waals surface area contributed by atoms with Crippen LogP contribution in [-0.4, -0.2) is 20.7 Å².